The number of nitrogens with zero attached hydrogens (tertiary/aromatic N) is 1. The zero-order chi connectivity index (χ0) is 17.8. The topological polar surface area (TPSA) is 40.5 Å². The molecule has 0 N–H and O–H groups in total. The highest BCUT2D eigenvalue weighted by Crippen LogP contribution is 2.30. The van der Waals surface area contributed by atoms with Crippen LogP contribution in [0.3, 0.4) is 0 Å². The lowest BCUT2D eigenvalue weighted by atomic mass is 10.1. The van der Waals surface area contributed by atoms with Gasteiger partial charge in [0.2, 0.25) is 0 Å². The van der Waals surface area contributed by atoms with Crippen LogP contribution in [-0.2, 0) is 4.74 Å². The molecular weight excluding hydrogens is 314 g/mol. The van der Waals surface area contributed by atoms with Crippen molar-refractivity contribution >= 4 is 5.97 Å². The van der Waals surface area contributed by atoms with Crippen LogP contribution < -0.4 is 4.74 Å². The lowest BCUT2D eigenvalue weighted by Crippen LogP contribution is -2.06. The molecule has 0 bridgehead atoms. The molecule has 0 saturated carbocycles. The van der Waals surface area contributed by atoms with Crippen LogP contribution >= 0.6 is 0 Å². The average Bonchev–Trinajstić information content (AvgIpc) is 3.00. The molecule has 0 atom stereocenters. The number of rotatable bonds is 5. The van der Waals surface area contributed by atoms with Gasteiger partial charge >= 0.3 is 5.97 Å². The molecule has 1 aromatic heterocycles. The molecule has 0 saturated heterocycles. The summed E-state index contributed by atoms with van der Waals surface area (Å²) in [7, 11) is 1.64. The number of ether oxygens (including phenoxy) is 2. The van der Waals surface area contributed by atoms with Crippen molar-refractivity contribution in [1.29, 1.82) is 0 Å². The fraction of sp³-hybridized carbons (Fsp3) is 0.190. The molecular formula is C21H21NO3. The minimum Gasteiger partial charge on any atom is -0.497 e. The third kappa shape index (κ3) is 3.29. The van der Waals surface area contributed by atoms with Gasteiger partial charge in [0.25, 0.3) is 0 Å². The molecule has 3 rings (SSSR count). The van der Waals surface area contributed by atoms with E-state index in [1.807, 2.05) is 74.5 Å². The molecule has 0 aliphatic heterocycles. The Labute approximate surface area is 147 Å². The fourth-order valence-corrected chi connectivity index (χ4v) is 2.91. The van der Waals surface area contributed by atoms with Crippen LogP contribution in [0.1, 0.15) is 23.0 Å². The van der Waals surface area contributed by atoms with E-state index in [1.165, 1.54) is 0 Å². The quantitative estimate of drug-likeness (QED) is 0.638. The summed E-state index contributed by atoms with van der Waals surface area (Å²) in [4.78, 5) is 12.3. The number of esters is 1. The van der Waals surface area contributed by atoms with E-state index in [0.29, 0.717) is 12.2 Å². The predicted molar refractivity (Wildman–Crippen MR) is 98.5 cm³/mol. The van der Waals surface area contributed by atoms with Gasteiger partial charge in [-0.05, 0) is 49.7 Å². The van der Waals surface area contributed by atoms with Crippen molar-refractivity contribution < 1.29 is 14.3 Å². The Hall–Kier alpha value is -3.01. The minimum absolute atomic E-state index is 0.301. The van der Waals surface area contributed by atoms with E-state index in [2.05, 4.69) is 4.57 Å². The van der Waals surface area contributed by atoms with E-state index in [-0.39, 0.29) is 5.97 Å². The second-order valence-electron chi connectivity index (χ2n) is 5.65. The molecule has 1 heterocycles. The molecule has 0 fully saturated rings. The van der Waals surface area contributed by atoms with Crippen LogP contribution in [0.5, 0.6) is 5.75 Å². The van der Waals surface area contributed by atoms with Gasteiger partial charge in [-0.1, -0.05) is 30.3 Å². The first-order valence-corrected chi connectivity index (χ1v) is 8.25. The van der Waals surface area contributed by atoms with E-state index in [1.54, 1.807) is 7.11 Å². The summed E-state index contributed by atoms with van der Waals surface area (Å²) in [5.74, 6) is 0.491. The van der Waals surface area contributed by atoms with Crippen LogP contribution in [0.2, 0.25) is 0 Å². The van der Waals surface area contributed by atoms with Crippen molar-refractivity contribution in [3.63, 3.8) is 0 Å². The van der Waals surface area contributed by atoms with Crippen molar-refractivity contribution in [2.24, 2.45) is 0 Å². The third-order valence-corrected chi connectivity index (χ3v) is 4.14. The Bertz CT molecular complexity index is 864. The van der Waals surface area contributed by atoms with Crippen LogP contribution in [0.15, 0.2) is 60.7 Å². The molecule has 0 aliphatic rings. The molecule has 4 heteroatoms. The lowest BCUT2D eigenvalue weighted by Gasteiger charge is -2.13. The summed E-state index contributed by atoms with van der Waals surface area (Å²) < 4.78 is 12.5. The second-order valence-corrected chi connectivity index (χ2v) is 5.65. The van der Waals surface area contributed by atoms with Crippen LogP contribution in [0.25, 0.3) is 16.9 Å². The monoisotopic (exact) mass is 335 g/mol. The van der Waals surface area contributed by atoms with Crippen molar-refractivity contribution in [2.45, 2.75) is 13.8 Å². The lowest BCUT2D eigenvalue weighted by molar-refractivity contribution is 0.0525. The van der Waals surface area contributed by atoms with Gasteiger partial charge < -0.3 is 14.0 Å². The summed E-state index contributed by atoms with van der Waals surface area (Å²) in [6, 6.07) is 19.7. The highest BCUT2D eigenvalue weighted by Gasteiger charge is 2.20. The normalized spacial score (nSPS) is 10.5. The van der Waals surface area contributed by atoms with E-state index in [0.717, 1.165) is 28.4 Å². The number of carbonyl (C=O) groups excluding carboxylic acids is 1. The van der Waals surface area contributed by atoms with E-state index < -0.39 is 0 Å². The Balaban J connectivity index is 2.18. The number of benzene rings is 2. The number of methoxy groups -OCH3 is 1. The summed E-state index contributed by atoms with van der Waals surface area (Å²) >= 11 is 0. The van der Waals surface area contributed by atoms with Crippen molar-refractivity contribution in [2.75, 3.05) is 13.7 Å². The summed E-state index contributed by atoms with van der Waals surface area (Å²) in [6.45, 7) is 4.10. The number of aromatic nitrogens is 1. The Morgan fingerprint density at radius 1 is 1.04 bits per heavy atom. The number of carbonyl (C=O) groups is 1. The summed E-state index contributed by atoms with van der Waals surface area (Å²) in [5, 5.41) is 0. The average molecular weight is 335 g/mol. The van der Waals surface area contributed by atoms with E-state index >= 15 is 0 Å². The second kappa shape index (κ2) is 7.26. The molecule has 0 amide bonds. The Kier molecular flexibility index (Phi) is 4.89. The molecule has 0 unspecified atom stereocenters. The standard InChI is InChI=1S/C21H21NO3/c1-4-25-21(23)19-14-20(16-8-6-5-7-9-16)22(15(19)2)17-10-12-18(24-3)13-11-17/h5-14H,4H2,1-3H3. The first-order chi connectivity index (χ1) is 12.2. The molecule has 0 spiro atoms. The molecule has 25 heavy (non-hydrogen) atoms. The highest BCUT2D eigenvalue weighted by atomic mass is 16.5. The maximum absolute atomic E-state index is 12.3. The Morgan fingerprint density at radius 2 is 1.72 bits per heavy atom. The maximum Gasteiger partial charge on any atom is 0.339 e. The smallest absolute Gasteiger partial charge is 0.339 e. The number of hydrogen-bond acceptors (Lipinski definition) is 3. The Morgan fingerprint density at radius 3 is 2.32 bits per heavy atom. The number of hydrogen-bond donors (Lipinski definition) is 0. The molecule has 3 aromatic rings. The first-order valence-electron chi connectivity index (χ1n) is 8.25. The van der Waals surface area contributed by atoms with Gasteiger partial charge in [-0.25, -0.2) is 4.79 Å². The largest absolute Gasteiger partial charge is 0.497 e. The molecule has 4 nitrogen and oxygen atoms in total. The zero-order valence-electron chi connectivity index (χ0n) is 14.7. The van der Waals surface area contributed by atoms with Crippen LogP contribution in [0.4, 0.5) is 0 Å². The summed E-state index contributed by atoms with van der Waals surface area (Å²) in [5.41, 5.74) is 4.38. The molecule has 0 radical (unpaired) electrons. The van der Waals surface area contributed by atoms with Gasteiger partial charge in [0.15, 0.2) is 0 Å². The maximum atomic E-state index is 12.3. The van der Waals surface area contributed by atoms with E-state index in [9.17, 15) is 4.79 Å². The van der Waals surface area contributed by atoms with Crippen molar-refractivity contribution in [3.05, 3.63) is 71.9 Å². The fourth-order valence-electron chi connectivity index (χ4n) is 2.91. The van der Waals surface area contributed by atoms with Gasteiger partial charge in [-0.2, -0.15) is 0 Å². The van der Waals surface area contributed by atoms with Crippen LogP contribution in [-0.4, -0.2) is 24.3 Å². The van der Waals surface area contributed by atoms with E-state index in [4.69, 9.17) is 9.47 Å². The zero-order valence-corrected chi connectivity index (χ0v) is 14.7. The third-order valence-electron chi connectivity index (χ3n) is 4.14. The van der Waals surface area contributed by atoms with Gasteiger partial charge in [-0.3, -0.25) is 0 Å². The highest BCUT2D eigenvalue weighted by molar-refractivity contribution is 5.93. The predicted octanol–water partition coefficient (Wildman–Crippen LogP) is 4.64. The van der Waals surface area contributed by atoms with Crippen molar-refractivity contribution in [1.82, 2.24) is 4.57 Å². The molecule has 0 aliphatic carbocycles. The SMILES string of the molecule is CCOC(=O)c1cc(-c2ccccc2)n(-c2ccc(OC)cc2)c1C. The first kappa shape index (κ1) is 16.8. The molecule has 128 valence electrons. The summed E-state index contributed by atoms with van der Waals surface area (Å²) in [6.07, 6.45) is 0. The van der Waals surface area contributed by atoms with Crippen molar-refractivity contribution in [3.8, 4) is 22.7 Å². The minimum atomic E-state index is -0.301. The van der Waals surface area contributed by atoms with Gasteiger partial charge in [-0.15, -0.1) is 0 Å². The molecule has 2 aromatic carbocycles. The van der Waals surface area contributed by atoms with Gasteiger partial charge in [0.1, 0.15) is 5.75 Å². The van der Waals surface area contributed by atoms with Gasteiger partial charge in [0, 0.05) is 11.4 Å². The van der Waals surface area contributed by atoms with Crippen LogP contribution in [0, 0.1) is 6.92 Å². The van der Waals surface area contributed by atoms with Gasteiger partial charge in [0.05, 0.1) is 25.0 Å².